The smallest absolute Gasteiger partial charge is 0.0671 e. The number of rotatable bonds is 8. The molecule has 0 aromatic heterocycles. The van der Waals surface area contributed by atoms with Crippen molar-refractivity contribution in [1.82, 2.24) is 0 Å². The van der Waals surface area contributed by atoms with Gasteiger partial charge < -0.3 is 19.8 Å². The van der Waals surface area contributed by atoms with Gasteiger partial charge in [-0.1, -0.05) is 46.3 Å². The summed E-state index contributed by atoms with van der Waals surface area (Å²) in [5, 5.41) is 20.0. The summed E-state index contributed by atoms with van der Waals surface area (Å²) in [5.41, 5.74) is 0.327. The second kappa shape index (κ2) is 11.5. The highest BCUT2D eigenvalue weighted by Gasteiger charge is 2.10. The van der Waals surface area contributed by atoms with Crippen molar-refractivity contribution in [2.24, 2.45) is 5.92 Å². The molecule has 19 heavy (non-hydrogen) atoms. The fourth-order valence-electron chi connectivity index (χ4n) is 1.43. The molecule has 0 fully saturated rings. The van der Waals surface area contributed by atoms with Gasteiger partial charge in [-0.15, -0.1) is 0 Å². The van der Waals surface area contributed by atoms with Crippen molar-refractivity contribution < 1.29 is 19.8 Å². The van der Waals surface area contributed by atoms with Crippen molar-refractivity contribution >= 4 is 11.9 Å². The summed E-state index contributed by atoms with van der Waals surface area (Å²) in [6.45, 7) is 12.1. The molecule has 1 unspecified atom stereocenters. The van der Waals surface area contributed by atoms with Crippen molar-refractivity contribution in [3.05, 3.63) is 24.3 Å². The molecule has 0 aliphatic carbocycles. The summed E-state index contributed by atoms with van der Waals surface area (Å²) < 4.78 is 0. The molecule has 4 heteroatoms. The Bertz CT molecular complexity index is 306. The molecule has 110 valence electrons. The zero-order chi connectivity index (χ0) is 15.4. The molecular formula is C15H24O4-2. The number of carbonyl (C=O) groups excluding carboxylic acids is 2. The predicted molar refractivity (Wildman–Crippen MR) is 71.9 cm³/mol. The van der Waals surface area contributed by atoms with Gasteiger partial charge in [0.05, 0.1) is 11.9 Å². The first-order valence-corrected chi connectivity index (χ1v) is 6.54. The van der Waals surface area contributed by atoms with E-state index in [0.717, 1.165) is 32.1 Å². The molecule has 0 amide bonds. The minimum absolute atomic E-state index is 0.0648. The Morgan fingerprint density at radius 1 is 1.05 bits per heavy atom. The molecular weight excluding hydrogens is 244 g/mol. The highest BCUT2D eigenvalue weighted by molar-refractivity contribution is 5.84. The topological polar surface area (TPSA) is 80.3 Å². The Morgan fingerprint density at radius 3 is 1.79 bits per heavy atom. The van der Waals surface area contributed by atoms with Gasteiger partial charge in [-0.2, -0.15) is 0 Å². The number of hydrogen-bond acceptors (Lipinski definition) is 4. The molecule has 0 aromatic carbocycles. The van der Waals surface area contributed by atoms with Crippen LogP contribution in [0.2, 0.25) is 0 Å². The van der Waals surface area contributed by atoms with E-state index in [-0.39, 0.29) is 17.1 Å². The lowest BCUT2D eigenvalue weighted by molar-refractivity contribution is -0.300. The van der Waals surface area contributed by atoms with E-state index < -0.39 is 11.9 Å². The maximum absolute atomic E-state index is 10.5. The molecule has 1 atom stereocenters. The number of carboxylic acid groups (broad SMARTS) is 2. The second-order valence-electron chi connectivity index (χ2n) is 4.48. The van der Waals surface area contributed by atoms with Crippen molar-refractivity contribution in [2.45, 2.75) is 52.9 Å². The maximum atomic E-state index is 10.5. The predicted octanol–water partition coefficient (Wildman–Crippen LogP) is 1.21. The van der Waals surface area contributed by atoms with Crippen LogP contribution < -0.4 is 10.2 Å². The van der Waals surface area contributed by atoms with E-state index in [1.165, 1.54) is 6.92 Å². The molecule has 0 bridgehead atoms. The first kappa shape index (κ1) is 19.8. The van der Waals surface area contributed by atoms with Crippen LogP contribution in [-0.2, 0) is 9.59 Å². The van der Waals surface area contributed by atoms with Crippen molar-refractivity contribution in [3.8, 4) is 0 Å². The molecule has 0 aromatic rings. The van der Waals surface area contributed by atoms with Gasteiger partial charge >= 0.3 is 0 Å². The van der Waals surface area contributed by atoms with Gasteiger partial charge in [0.15, 0.2) is 0 Å². The van der Waals surface area contributed by atoms with Gasteiger partial charge in [-0.25, -0.2) is 0 Å². The minimum atomic E-state index is -1.19. The Labute approximate surface area is 115 Å². The zero-order valence-corrected chi connectivity index (χ0v) is 12.2. The van der Waals surface area contributed by atoms with Gasteiger partial charge in [0, 0.05) is 0 Å². The lowest BCUT2D eigenvalue weighted by Crippen LogP contribution is -2.27. The van der Waals surface area contributed by atoms with Crippen LogP contribution in [0.3, 0.4) is 0 Å². The molecule has 0 saturated carbocycles. The van der Waals surface area contributed by atoms with E-state index in [0.29, 0.717) is 0 Å². The van der Waals surface area contributed by atoms with E-state index in [9.17, 15) is 19.8 Å². The minimum Gasteiger partial charge on any atom is -0.545 e. The third-order valence-corrected chi connectivity index (χ3v) is 2.75. The van der Waals surface area contributed by atoms with Crippen LogP contribution in [0.5, 0.6) is 0 Å². The summed E-state index contributed by atoms with van der Waals surface area (Å²) in [5.74, 6) is -2.17. The molecule has 0 radical (unpaired) electrons. The van der Waals surface area contributed by atoms with Crippen LogP contribution in [0.25, 0.3) is 0 Å². The molecule has 4 nitrogen and oxygen atoms in total. The van der Waals surface area contributed by atoms with Gasteiger partial charge in [0.25, 0.3) is 0 Å². The molecule has 0 heterocycles. The highest BCUT2D eigenvalue weighted by atomic mass is 16.4. The normalized spacial score (nSPS) is 10.9. The lowest BCUT2D eigenvalue weighted by atomic mass is 9.92. The first-order chi connectivity index (χ1) is 8.77. The van der Waals surface area contributed by atoms with Crippen LogP contribution in [-0.4, -0.2) is 11.9 Å². The average molecular weight is 268 g/mol. The van der Waals surface area contributed by atoms with Gasteiger partial charge in [0.2, 0.25) is 0 Å². The lowest BCUT2D eigenvalue weighted by Gasteiger charge is -2.18. The van der Waals surface area contributed by atoms with E-state index in [4.69, 9.17) is 0 Å². The SMILES string of the molecule is C=C(C(=O)[O-])C(CC)CCCCC.C=C(C)C(=O)[O-]. The summed E-state index contributed by atoms with van der Waals surface area (Å²) in [6.07, 6.45) is 5.18. The number of hydrogen-bond donors (Lipinski definition) is 0. The average Bonchev–Trinajstić information content (AvgIpc) is 2.34. The van der Waals surface area contributed by atoms with Crippen LogP contribution in [0.4, 0.5) is 0 Å². The van der Waals surface area contributed by atoms with E-state index >= 15 is 0 Å². The van der Waals surface area contributed by atoms with Gasteiger partial charge in [-0.3, -0.25) is 0 Å². The van der Waals surface area contributed by atoms with Crippen molar-refractivity contribution in [2.75, 3.05) is 0 Å². The number of unbranched alkanes of at least 4 members (excludes halogenated alkanes) is 2. The maximum Gasteiger partial charge on any atom is 0.0671 e. The molecule has 0 saturated heterocycles. The number of carbonyl (C=O) groups is 2. The van der Waals surface area contributed by atoms with E-state index in [2.05, 4.69) is 20.1 Å². The quantitative estimate of drug-likeness (QED) is 0.489. The van der Waals surface area contributed by atoms with Crippen LogP contribution in [0.1, 0.15) is 52.9 Å². The Hall–Kier alpha value is -1.58. The van der Waals surface area contributed by atoms with Crippen molar-refractivity contribution in [3.63, 3.8) is 0 Å². The third kappa shape index (κ3) is 11.3. The third-order valence-electron chi connectivity index (χ3n) is 2.75. The fourth-order valence-corrected chi connectivity index (χ4v) is 1.43. The van der Waals surface area contributed by atoms with E-state index in [1.54, 1.807) is 0 Å². The summed E-state index contributed by atoms with van der Waals surface area (Å²) in [4.78, 5) is 20.0. The van der Waals surface area contributed by atoms with Gasteiger partial charge in [0.1, 0.15) is 0 Å². The number of carboxylic acids is 2. The Balaban J connectivity index is 0. The molecule has 0 spiro atoms. The van der Waals surface area contributed by atoms with E-state index in [1.807, 2.05) is 6.92 Å². The van der Waals surface area contributed by atoms with Gasteiger partial charge in [-0.05, 0) is 36.8 Å². The Kier molecular flexibility index (Phi) is 12.0. The second-order valence-corrected chi connectivity index (χ2v) is 4.48. The summed E-state index contributed by atoms with van der Waals surface area (Å²) >= 11 is 0. The van der Waals surface area contributed by atoms with Crippen LogP contribution in [0, 0.1) is 5.92 Å². The molecule has 0 aliphatic heterocycles. The van der Waals surface area contributed by atoms with Crippen molar-refractivity contribution in [1.29, 1.82) is 0 Å². The first-order valence-electron chi connectivity index (χ1n) is 6.54. The fraction of sp³-hybridized carbons (Fsp3) is 0.600. The summed E-state index contributed by atoms with van der Waals surface area (Å²) in [7, 11) is 0. The molecule has 0 aliphatic rings. The standard InChI is InChI=1S/C11H20O2.C4H6O2/c1-4-6-7-8-10(5-2)9(3)11(12)13;1-3(2)4(5)6/h10H,3-8H2,1-2H3,(H,12,13);1H2,2H3,(H,5,6)/p-2. The summed E-state index contributed by atoms with van der Waals surface area (Å²) in [6, 6.07) is 0. The molecule has 0 rings (SSSR count). The largest absolute Gasteiger partial charge is 0.545 e. The number of aliphatic carboxylic acids is 2. The zero-order valence-electron chi connectivity index (χ0n) is 12.2. The monoisotopic (exact) mass is 268 g/mol. The Morgan fingerprint density at radius 2 is 1.53 bits per heavy atom. The highest BCUT2D eigenvalue weighted by Crippen LogP contribution is 2.20. The molecule has 0 N–H and O–H groups in total. The van der Waals surface area contributed by atoms with Crippen LogP contribution >= 0.6 is 0 Å². The van der Waals surface area contributed by atoms with Crippen LogP contribution in [0.15, 0.2) is 24.3 Å².